The number of benzene rings is 2. The summed E-state index contributed by atoms with van der Waals surface area (Å²) in [4.78, 5) is 16.6. The Kier molecular flexibility index (Phi) is 6.67. The molecule has 0 fully saturated rings. The number of hydrogen-bond donors (Lipinski definition) is 0. The van der Waals surface area contributed by atoms with Crippen molar-refractivity contribution in [3.8, 4) is 5.69 Å². The Bertz CT molecular complexity index is 1020. The fourth-order valence-corrected chi connectivity index (χ4v) is 3.61. The summed E-state index contributed by atoms with van der Waals surface area (Å²) in [5.41, 5.74) is 4.94. The smallest absolute Gasteiger partial charge is 0.239 e. The summed E-state index contributed by atoms with van der Waals surface area (Å²) >= 11 is 0. The Hall–Kier alpha value is -2.99. The summed E-state index contributed by atoms with van der Waals surface area (Å²) < 4.78 is 15.4. The van der Waals surface area contributed by atoms with E-state index >= 15 is 0 Å². The molecule has 1 atom stereocenters. The molecule has 0 aliphatic rings. The van der Waals surface area contributed by atoms with Gasteiger partial charge in [-0.1, -0.05) is 30.3 Å². The zero-order chi connectivity index (χ0) is 21.8. The average Bonchev–Trinajstić information content (AvgIpc) is 3.01. The van der Waals surface area contributed by atoms with E-state index in [-0.39, 0.29) is 17.8 Å². The topological polar surface area (TPSA) is 41.4 Å². The largest absolute Gasteiger partial charge is 0.340 e. The van der Waals surface area contributed by atoms with Crippen molar-refractivity contribution in [3.63, 3.8) is 0 Å². The van der Waals surface area contributed by atoms with E-state index in [4.69, 9.17) is 5.10 Å². The van der Waals surface area contributed by atoms with E-state index in [0.29, 0.717) is 13.1 Å². The Labute approximate surface area is 177 Å². The molecule has 0 radical (unpaired) electrons. The molecule has 1 amide bonds. The quantitative estimate of drug-likeness (QED) is 0.591. The van der Waals surface area contributed by atoms with E-state index in [2.05, 4.69) is 6.92 Å². The summed E-state index contributed by atoms with van der Waals surface area (Å²) in [6, 6.07) is 16.1. The van der Waals surface area contributed by atoms with Crippen molar-refractivity contribution in [2.24, 2.45) is 0 Å². The number of rotatable bonds is 7. The summed E-state index contributed by atoms with van der Waals surface area (Å²) in [6.07, 6.45) is 0. The molecule has 1 unspecified atom stereocenters. The van der Waals surface area contributed by atoms with Crippen LogP contribution in [0.15, 0.2) is 54.6 Å². The number of nitrogens with zero attached hydrogens (tertiary/aromatic N) is 4. The number of likely N-dealkylation sites (N-methyl/N-ethyl adjacent to an activating group) is 2. The molecule has 30 heavy (non-hydrogen) atoms. The first-order valence-electron chi connectivity index (χ1n) is 10.1. The van der Waals surface area contributed by atoms with Crippen LogP contribution in [0.3, 0.4) is 0 Å². The minimum Gasteiger partial charge on any atom is -0.340 e. The van der Waals surface area contributed by atoms with Crippen LogP contribution in [0.4, 0.5) is 4.39 Å². The second-order valence-electron chi connectivity index (χ2n) is 7.81. The molecule has 0 saturated carbocycles. The van der Waals surface area contributed by atoms with E-state index < -0.39 is 0 Å². The minimum atomic E-state index is -0.317. The number of hydrogen-bond acceptors (Lipinski definition) is 3. The lowest BCUT2D eigenvalue weighted by Crippen LogP contribution is -2.43. The number of aryl methyl sites for hydroxylation is 1. The van der Waals surface area contributed by atoms with Crippen LogP contribution >= 0.6 is 0 Å². The lowest BCUT2D eigenvalue weighted by Gasteiger charge is -2.28. The molecule has 6 heteroatoms. The van der Waals surface area contributed by atoms with Gasteiger partial charge in [-0.3, -0.25) is 9.69 Å². The molecule has 3 aromatic rings. The maximum atomic E-state index is 13.4. The third-order valence-electron chi connectivity index (χ3n) is 5.55. The van der Waals surface area contributed by atoms with Crippen LogP contribution < -0.4 is 0 Å². The fraction of sp³-hybridized carbons (Fsp3) is 0.333. The first-order chi connectivity index (χ1) is 14.3. The highest BCUT2D eigenvalue weighted by Gasteiger charge is 2.24. The van der Waals surface area contributed by atoms with Crippen molar-refractivity contribution < 1.29 is 9.18 Å². The highest BCUT2D eigenvalue weighted by atomic mass is 19.1. The van der Waals surface area contributed by atoms with Gasteiger partial charge in [-0.05, 0) is 57.6 Å². The number of para-hydroxylation sites is 1. The van der Waals surface area contributed by atoms with E-state index in [1.165, 1.54) is 12.1 Å². The highest BCUT2D eigenvalue weighted by Crippen LogP contribution is 2.20. The summed E-state index contributed by atoms with van der Waals surface area (Å²) in [7, 11) is 3.69. The van der Waals surface area contributed by atoms with Crippen LogP contribution in [0.25, 0.3) is 5.69 Å². The Morgan fingerprint density at radius 3 is 2.43 bits per heavy atom. The molecule has 2 aromatic carbocycles. The molecule has 158 valence electrons. The summed E-state index contributed by atoms with van der Waals surface area (Å²) in [5.74, 6) is -0.299. The highest BCUT2D eigenvalue weighted by molar-refractivity contribution is 5.81. The molecular formula is C24H29FN4O. The first kappa shape index (κ1) is 21.7. The van der Waals surface area contributed by atoms with E-state index in [9.17, 15) is 9.18 Å². The first-order valence-corrected chi connectivity index (χ1v) is 10.1. The molecule has 0 N–H and O–H groups in total. The zero-order valence-electron chi connectivity index (χ0n) is 18.3. The van der Waals surface area contributed by atoms with Crippen LogP contribution in [-0.2, 0) is 17.9 Å². The molecular weight excluding hydrogens is 379 g/mol. The third-order valence-corrected chi connectivity index (χ3v) is 5.55. The standard InChI is InChI=1S/C24H29FN4O/c1-17-23(18(2)29(26-17)22-12-7-6-8-13-22)16-27(4)19(3)24(30)28(5)15-20-10-9-11-21(25)14-20/h6-14,19H,15-16H2,1-5H3. The molecule has 1 aromatic heterocycles. The second kappa shape index (κ2) is 9.22. The molecule has 0 bridgehead atoms. The summed E-state index contributed by atoms with van der Waals surface area (Å²) in [5, 5.41) is 4.70. The van der Waals surface area contributed by atoms with Gasteiger partial charge in [-0.15, -0.1) is 0 Å². The van der Waals surface area contributed by atoms with Gasteiger partial charge >= 0.3 is 0 Å². The van der Waals surface area contributed by atoms with Crippen LogP contribution in [0.5, 0.6) is 0 Å². The van der Waals surface area contributed by atoms with Crippen LogP contribution in [0.2, 0.25) is 0 Å². The van der Waals surface area contributed by atoms with Gasteiger partial charge in [-0.25, -0.2) is 9.07 Å². The van der Waals surface area contributed by atoms with Gasteiger partial charge in [-0.2, -0.15) is 5.10 Å². The molecule has 0 aliphatic heterocycles. The van der Waals surface area contributed by atoms with E-state index in [1.54, 1.807) is 18.0 Å². The molecule has 0 saturated heterocycles. The monoisotopic (exact) mass is 408 g/mol. The second-order valence-corrected chi connectivity index (χ2v) is 7.81. The van der Waals surface area contributed by atoms with E-state index in [0.717, 1.165) is 28.2 Å². The summed E-state index contributed by atoms with van der Waals surface area (Å²) in [6.45, 7) is 6.94. The minimum absolute atomic E-state index is 0.00693. The molecule has 0 spiro atoms. The number of carbonyl (C=O) groups excluding carboxylic acids is 1. The van der Waals surface area contributed by atoms with Gasteiger partial charge in [0.25, 0.3) is 0 Å². The van der Waals surface area contributed by atoms with Crippen molar-refractivity contribution in [3.05, 3.63) is 82.9 Å². The molecule has 0 aliphatic carbocycles. The molecule has 1 heterocycles. The number of halogens is 1. The lowest BCUT2D eigenvalue weighted by atomic mass is 10.1. The predicted octanol–water partition coefficient (Wildman–Crippen LogP) is 4.11. The number of carbonyl (C=O) groups is 1. The third kappa shape index (κ3) is 4.76. The van der Waals surface area contributed by atoms with Gasteiger partial charge < -0.3 is 4.90 Å². The number of aromatic nitrogens is 2. The van der Waals surface area contributed by atoms with Gasteiger partial charge in [0, 0.05) is 31.4 Å². The lowest BCUT2D eigenvalue weighted by molar-refractivity contribution is -0.135. The zero-order valence-corrected chi connectivity index (χ0v) is 18.3. The molecule has 5 nitrogen and oxygen atoms in total. The molecule has 3 rings (SSSR count). The van der Waals surface area contributed by atoms with Crippen molar-refractivity contribution in [1.82, 2.24) is 19.6 Å². The maximum absolute atomic E-state index is 13.4. The van der Waals surface area contributed by atoms with Gasteiger partial charge in [0.2, 0.25) is 5.91 Å². The van der Waals surface area contributed by atoms with Gasteiger partial charge in [0.1, 0.15) is 5.82 Å². The Morgan fingerprint density at radius 1 is 1.07 bits per heavy atom. The predicted molar refractivity (Wildman–Crippen MR) is 117 cm³/mol. The maximum Gasteiger partial charge on any atom is 0.239 e. The van der Waals surface area contributed by atoms with Crippen LogP contribution in [0, 0.1) is 19.7 Å². The SMILES string of the molecule is Cc1nn(-c2ccccc2)c(C)c1CN(C)C(C)C(=O)N(C)Cc1cccc(F)c1. The van der Waals surface area contributed by atoms with E-state index in [1.807, 2.05) is 66.9 Å². The van der Waals surface area contributed by atoms with Crippen LogP contribution in [-0.4, -0.2) is 45.6 Å². The number of amides is 1. The van der Waals surface area contributed by atoms with Crippen molar-refractivity contribution in [1.29, 1.82) is 0 Å². The Morgan fingerprint density at radius 2 is 1.77 bits per heavy atom. The van der Waals surface area contributed by atoms with Crippen molar-refractivity contribution >= 4 is 5.91 Å². The van der Waals surface area contributed by atoms with Gasteiger partial charge in [0.15, 0.2) is 0 Å². The van der Waals surface area contributed by atoms with Crippen molar-refractivity contribution in [2.75, 3.05) is 14.1 Å². The van der Waals surface area contributed by atoms with Gasteiger partial charge in [0.05, 0.1) is 17.4 Å². The van der Waals surface area contributed by atoms with Crippen molar-refractivity contribution in [2.45, 2.75) is 39.9 Å². The normalized spacial score (nSPS) is 12.2. The van der Waals surface area contributed by atoms with Crippen LogP contribution in [0.1, 0.15) is 29.4 Å². The Balaban J connectivity index is 1.70. The fourth-order valence-electron chi connectivity index (χ4n) is 3.61. The average molecular weight is 409 g/mol.